The number of aromatic nitrogens is 1. The molecule has 32 heavy (non-hydrogen) atoms. The molecule has 0 spiro atoms. The molecule has 168 valence electrons. The number of anilines is 2. The summed E-state index contributed by atoms with van der Waals surface area (Å²) < 4.78 is 38.9. The van der Waals surface area contributed by atoms with Gasteiger partial charge in [-0.05, 0) is 48.9 Å². The highest BCUT2D eigenvalue weighted by Gasteiger charge is 2.16. The highest BCUT2D eigenvalue weighted by Crippen LogP contribution is 2.25. The van der Waals surface area contributed by atoms with Crippen molar-refractivity contribution in [2.45, 2.75) is 11.8 Å². The second kappa shape index (κ2) is 10.5. The minimum atomic E-state index is -3.92. The number of carbonyl (C=O) groups is 1. The van der Waals surface area contributed by atoms with Gasteiger partial charge in [-0.2, -0.15) is 0 Å². The number of nitrogens with zero attached hydrogens (tertiary/aromatic N) is 1. The van der Waals surface area contributed by atoms with Crippen LogP contribution in [0.5, 0.6) is 11.5 Å². The van der Waals surface area contributed by atoms with E-state index < -0.39 is 22.6 Å². The minimum Gasteiger partial charge on any atom is -0.492 e. The molecule has 0 atom stereocenters. The number of sulfonamides is 1. The fraction of sp³-hybridized carbons (Fsp3) is 0.182. The predicted molar refractivity (Wildman–Crippen MR) is 120 cm³/mol. The Hall–Kier alpha value is -3.79. The summed E-state index contributed by atoms with van der Waals surface area (Å²) in [4.78, 5) is 14.6. The Morgan fingerprint density at radius 3 is 2.53 bits per heavy atom. The standard InChI is InChI=1S/C22H23N3O6S/c1-16-11-18(13-20(12-16)30-10-9-24-17-5-7-23-8-6-17)25-32(28,29)21-4-2-3-19(14-21)31-15-22(26)27/h2-8,11-14,25H,9-10,15H2,1H3,(H,23,24)(H,26,27). The van der Waals surface area contributed by atoms with Crippen LogP contribution in [0.3, 0.4) is 0 Å². The highest BCUT2D eigenvalue weighted by molar-refractivity contribution is 7.92. The summed E-state index contributed by atoms with van der Waals surface area (Å²) in [7, 11) is -3.92. The molecule has 2 aromatic carbocycles. The zero-order valence-electron chi connectivity index (χ0n) is 17.3. The summed E-state index contributed by atoms with van der Waals surface area (Å²) in [6, 6.07) is 14.4. The number of rotatable bonds is 11. The van der Waals surface area contributed by atoms with Gasteiger partial charge in [0.05, 0.1) is 10.6 Å². The molecular weight excluding hydrogens is 434 g/mol. The zero-order valence-corrected chi connectivity index (χ0v) is 18.1. The monoisotopic (exact) mass is 457 g/mol. The summed E-state index contributed by atoms with van der Waals surface area (Å²) in [5, 5.41) is 11.9. The Kier molecular flexibility index (Phi) is 7.50. The average Bonchev–Trinajstić information content (AvgIpc) is 2.75. The molecular formula is C22H23N3O6S. The van der Waals surface area contributed by atoms with Crippen LogP contribution in [0.25, 0.3) is 0 Å². The number of carboxylic acid groups (broad SMARTS) is 1. The molecule has 0 saturated carbocycles. The van der Waals surface area contributed by atoms with Gasteiger partial charge in [-0.3, -0.25) is 9.71 Å². The zero-order chi connectivity index (χ0) is 23.0. The van der Waals surface area contributed by atoms with Crippen LogP contribution < -0.4 is 19.5 Å². The molecule has 3 aromatic rings. The van der Waals surface area contributed by atoms with Gasteiger partial charge in [0.15, 0.2) is 6.61 Å². The van der Waals surface area contributed by atoms with Crippen LogP contribution in [0.4, 0.5) is 11.4 Å². The lowest BCUT2D eigenvalue weighted by Gasteiger charge is -2.13. The van der Waals surface area contributed by atoms with Crippen LogP contribution in [0.15, 0.2) is 71.9 Å². The third kappa shape index (κ3) is 6.88. The molecule has 0 saturated heterocycles. The normalized spacial score (nSPS) is 10.9. The highest BCUT2D eigenvalue weighted by atomic mass is 32.2. The number of benzene rings is 2. The van der Waals surface area contributed by atoms with E-state index in [0.29, 0.717) is 24.6 Å². The topological polar surface area (TPSA) is 127 Å². The number of hydrogen-bond acceptors (Lipinski definition) is 7. The first-order valence-electron chi connectivity index (χ1n) is 9.68. The van der Waals surface area contributed by atoms with Crippen molar-refractivity contribution in [2.24, 2.45) is 0 Å². The Morgan fingerprint density at radius 2 is 1.78 bits per heavy atom. The van der Waals surface area contributed by atoms with Crippen LogP contribution in [0, 0.1) is 6.92 Å². The summed E-state index contributed by atoms with van der Waals surface area (Å²) in [5.41, 5.74) is 2.09. The van der Waals surface area contributed by atoms with Gasteiger partial charge in [0.1, 0.15) is 18.1 Å². The fourth-order valence-corrected chi connectivity index (χ4v) is 3.89. The van der Waals surface area contributed by atoms with E-state index in [1.165, 1.54) is 24.3 Å². The van der Waals surface area contributed by atoms with E-state index in [4.69, 9.17) is 14.6 Å². The van der Waals surface area contributed by atoms with E-state index >= 15 is 0 Å². The van der Waals surface area contributed by atoms with Crippen molar-refractivity contribution in [2.75, 3.05) is 29.8 Å². The van der Waals surface area contributed by atoms with Crippen LogP contribution >= 0.6 is 0 Å². The Bertz CT molecular complexity index is 1170. The van der Waals surface area contributed by atoms with Gasteiger partial charge >= 0.3 is 5.97 Å². The molecule has 3 rings (SSSR count). The summed E-state index contributed by atoms with van der Waals surface area (Å²) in [5.74, 6) is -0.484. The predicted octanol–water partition coefficient (Wildman–Crippen LogP) is 3.15. The molecule has 9 nitrogen and oxygen atoms in total. The Labute approximate surface area is 186 Å². The van der Waals surface area contributed by atoms with Crippen molar-refractivity contribution in [3.8, 4) is 11.5 Å². The van der Waals surface area contributed by atoms with Crippen molar-refractivity contribution in [1.29, 1.82) is 0 Å². The van der Waals surface area contributed by atoms with Gasteiger partial charge in [-0.25, -0.2) is 13.2 Å². The van der Waals surface area contributed by atoms with Crippen molar-refractivity contribution >= 4 is 27.4 Å². The van der Waals surface area contributed by atoms with Gasteiger partial charge in [0.25, 0.3) is 10.0 Å². The van der Waals surface area contributed by atoms with Crippen LogP contribution in [0.1, 0.15) is 5.56 Å². The number of ether oxygens (including phenoxy) is 2. The van der Waals surface area contributed by atoms with Crippen LogP contribution in [-0.2, 0) is 14.8 Å². The van der Waals surface area contributed by atoms with Gasteiger partial charge in [0, 0.05) is 36.8 Å². The van der Waals surface area contributed by atoms with E-state index in [0.717, 1.165) is 11.3 Å². The number of nitrogens with one attached hydrogen (secondary N) is 2. The minimum absolute atomic E-state index is 0.0501. The number of hydrogen-bond donors (Lipinski definition) is 3. The van der Waals surface area contributed by atoms with E-state index in [1.54, 1.807) is 24.5 Å². The number of aryl methyl sites for hydroxylation is 1. The second-order valence-corrected chi connectivity index (χ2v) is 8.49. The third-order valence-electron chi connectivity index (χ3n) is 4.16. The maximum atomic E-state index is 12.8. The molecule has 0 amide bonds. The lowest BCUT2D eigenvalue weighted by molar-refractivity contribution is -0.139. The van der Waals surface area contributed by atoms with Crippen molar-refractivity contribution < 1.29 is 27.8 Å². The van der Waals surface area contributed by atoms with Gasteiger partial charge < -0.3 is 19.9 Å². The number of carboxylic acids is 1. The summed E-state index contributed by atoms with van der Waals surface area (Å²) in [6.07, 6.45) is 3.38. The molecule has 0 aliphatic heterocycles. The lowest BCUT2D eigenvalue weighted by Crippen LogP contribution is -2.14. The number of pyridine rings is 1. The molecule has 0 fully saturated rings. The molecule has 3 N–H and O–H groups in total. The summed E-state index contributed by atoms with van der Waals surface area (Å²) >= 11 is 0. The largest absolute Gasteiger partial charge is 0.492 e. The molecule has 0 bridgehead atoms. The SMILES string of the molecule is Cc1cc(NS(=O)(=O)c2cccc(OCC(=O)O)c2)cc(OCCNc2ccncc2)c1. The molecule has 0 unspecified atom stereocenters. The van der Waals surface area contributed by atoms with Crippen LogP contribution in [-0.4, -0.2) is 44.2 Å². The second-order valence-electron chi connectivity index (χ2n) is 6.81. The average molecular weight is 458 g/mol. The lowest BCUT2D eigenvalue weighted by atomic mass is 10.2. The maximum Gasteiger partial charge on any atom is 0.341 e. The van der Waals surface area contributed by atoms with Crippen molar-refractivity contribution in [3.63, 3.8) is 0 Å². The number of aliphatic carboxylic acids is 1. The molecule has 0 radical (unpaired) electrons. The van der Waals surface area contributed by atoms with Gasteiger partial charge in [0.2, 0.25) is 0 Å². The van der Waals surface area contributed by atoms with Gasteiger partial charge in [-0.1, -0.05) is 6.07 Å². The molecule has 1 heterocycles. The van der Waals surface area contributed by atoms with E-state index in [1.807, 2.05) is 25.1 Å². The van der Waals surface area contributed by atoms with E-state index in [-0.39, 0.29) is 10.6 Å². The first kappa shape index (κ1) is 22.9. The third-order valence-corrected chi connectivity index (χ3v) is 5.54. The molecule has 0 aliphatic carbocycles. The van der Waals surface area contributed by atoms with E-state index in [9.17, 15) is 13.2 Å². The summed E-state index contributed by atoms with van der Waals surface area (Å²) in [6.45, 7) is 2.20. The van der Waals surface area contributed by atoms with E-state index in [2.05, 4.69) is 15.0 Å². The Balaban J connectivity index is 1.64. The van der Waals surface area contributed by atoms with Crippen molar-refractivity contribution in [3.05, 3.63) is 72.6 Å². The van der Waals surface area contributed by atoms with Crippen molar-refractivity contribution in [1.82, 2.24) is 4.98 Å². The first-order chi connectivity index (χ1) is 15.3. The molecule has 1 aromatic heterocycles. The molecule has 10 heteroatoms. The van der Waals surface area contributed by atoms with Crippen LogP contribution in [0.2, 0.25) is 0 Å². The maximum absolute atomic E-state index is 12.8. The first-order valence-corrected chi connectivity index (χ1v) is 11.2. The quantitative estimate of drug-likeness (QED) is 0.375. The smallest absolute Gasteiger partial charge is 0.341 e. The Morgan fingerprint density at radius 1 is 1.00 bits per heavy atom. The molecule has 0 aliphatic rings. The van der Waals surface area contributed by atoms with Gasteiger partial charge in [-0.15, -0.1) is 0 Å². The fourth-order valence-electron chi connectivity index (χ4n) is 2.81.